The van der Waals surface area contributed by atoms with E-state index in [1.54, 1.807) is 0 Å². The van der Waals surface area contributed by atoms with E-state index in [4.69, 9.17) is 4.18 Å². The molecule has 2 heteroatoms. The first-order valence-electron chi connectivity index (χ1n) is 6.20. The van der Waals surface area contributed by atoms with Gasteiger partial charge in [0, 0.05) is 16.9 Å². The summed E-state index contributed by atoms with van der Waals surface area (Å²) < 4.78 is 5.88. The van der Waals surface area contributed by atoms with E-state index in [1.165, 1.54) is 24.9 Å². The van der Waals surface area contributed by atoms with E-state index in [1.807, 2.05) is 0 Å². The summed E-state index contributed by atoms with van der Waals surface area (Å²) in [5.74, 6) is 0. The second-order valence-electron chi connectivity index (χ2n) is 6.31. The van der Waals surface area contributed by atoms with Crippen LogP contribution in [0, 0.1) is 5.41 Å². The van der Waals surface area contributed by atoms with Crippen LogP contribution in [0.1, 0.15) is 67.2 Å². The van der Waals surface area contributed by atoms with Gasteiger partial charge in [-0.2, -0.15) is 0 Å². The molecule has 0 atom stereocenters. The molecule has 0 aliphatic rings. The SMILES string of the molecule is C=C(CCCC)SOC(C)(C)CC(C)(C)C. The van der Waals surface area contributed by atoms with Gasteiger partial charge in [-0.15, -0.1) is 0 Å². The Balaban J connectivity index is 3.94. The number of unbranched alkanes of at least 4 members (excludes halogenated alkanes) is 1. The predicted molar refractivity (Wildman–Crippen MR) is 75.5 cm³/mol. The van der Waals surface area contributed by atoms with Gasteiger partial charge in [-0.3, -0.25) is 0 Å². The van der Waals surface area contributed by atoms with Gasteiger partial charge >= 0.3 is 0 Å². The molecule has 0 aromatic carbocycles. The van der Waals surface area contributed by atoms with Gasteiger partial charge in [0.05, 0.1) is 5.60 Å². The molecule has 0 saturated carbocycles. The Morgan fingerprint density at radius 1 is 1.19 bits per heavy atom. The summed E-state index contributed by atoms with van der Waals surface area (Å²) in [5.41, 5.74) is 0.215. The van der Waals surface area contributed by atoms with Crippen LogP contribution in [-0.2, 0) is 4.18 Å². The average molecular weight is 244 g/mol. The third-order valence-electron chi connectivity index (χ3n) is 2.15. The highest BCUT2D eigenvalue weighted by atomic mass is 32.2. The van der Waals surface area contributed by atoms with E-state index in [0.29, 0.717) is 5.41 Å². The lowest BCUT2D eigenvalue weighted by Gasteiger charge is -2.31. The number of allylic oxidation sites excluding steroid dienone is 1. The van der Waals surface area contributed by atoms with Crippen molar-refractivity contribution in [3.05, 3.63) is 11.5 Å². The first kappa shape index (κ1) is 16.1. The molecule has 0 fully saturated rings. The van der Waals surface area contributed by atoms with Crippen LogP contribution in [0.5, 0.6) is 0 Å². The van der Waals surface area contributed by atoms with E-state index < -0.39 is 0 Å². The molecule has 0 unspecified atom stereocenters. The molecule has 0 rings (SSSR count). The smallest absolute Gasteiger partial charge is 0.0782 e. The molecule has 96 valence electrons. The zero-order chi connectivity index (χ0) is 12.8. The molecular weight excluding hydrogens is 216 g/mol. The molecule has 0 heterocycles. The van der Waals surface area contributed by atoms with Crippen molar-refractivity contribution in [1.29, 1.82) is 0 Å². The fraction of sp³-hybridized carbons (Fsp3) is 0.857. The Hall–Kier alpha value is 0.0500. The summed E-state index contributed by atoms with van der Waals surface area (Å²) in [6.45, 7) is 17.3. The van der Waals surface area contributed by atoms with Gasteiger partial charge in [0.2, 0.25) is 0 Å². The monoisotopic (exact) mass is 244 g/mol. The molecule has 0 radical (unpaired) electrons. The van der Waals surface area contributed by atoms with Crippen molar-refractivity contribution in [2.75, 3.05) is 0 Å². The van der Waals surface area contributed by atoms with Crippen molar-refractivity contribution in [2.45, 2.75) is 72.8 Å². The minimum Gasteiger partial charge on any atom is -0.305 e. The zero-order valence-corrected chi connectivity index (χ0v) is 12.7. The Bertz CT molecular complexity index is 213. The zero-order valence-electron chi connectivity index (χ0n) is 11.9. The molecule has 0 bridgehead atoms. The summed E-state index contributed by atoms with van der Waals surface area (Å²) in [7, 11) is 0. The Morgan fingerprint density at radius 3 is 2.19 bits per heavy atom. The van der Waals surface area contributed by atoms with Crippen LogP contribution in [0.4, 0.5) is 0 Å². The minimum atomic E-state index is -0.0852. The summed E-state index contributed by atoms with van der Waals surface area (Å²) in [5, 5.41) is 0. The lowest BCUT2D eigenvalue weighted by atomic mass is 9.84. The van der Waals surface area contributed by atoms with Crippen LogP contribution in [0.15, 0.2) is 11.5 Å². The first-order valence-corrected chi connectivity index (χ1v) is 6.94. The van der Waals surface area contributed by atoms with Crippen LogP contribution in [0.25, 0.3) is 0 Å². The van der Waals surface area contributed by atoms with E-state index in [0.717, 1.165) is 17.7 Å². The number of rotatable bonds is 7. The molecule has 0 aliphatic carbocycles. The molecule has 0 aromatic heterocycles. The Morgan fingerprint density at radius 2 is 1.75 bits per heavy atom. The minimum absolute atomic E-state index is 0.0852. The van der Waals surface area contributed by atoms with E-state index in [-0.39, 0.29) is 5.60 Å². The highest BCUT2D eigenvalue weighted by molar-refractivity contribution is 7.98. The molecule has 0 aromatic rings. The van der Waals surface area contributed by atoms with Crippen molar-refractivity contribution in [1.82, 2.24) is 0 Å². The van der Waals surface area contributed by atoms with Gasteiger partial charge in [0.25, 0.3) is 0 Å². The van der Waals surface area contributed by atoms with Gasteiger partial charge in [-0.25, -0.2) is 0 Å². The van der Waals surface area contributed by atoms with E-state index in [2.05, 4.69) is 48.1 Å². The highest BCUT2D eigenvalue weighted by Crippen LogP contribution is 2.34. The standard InChI is InChI=1S/C14H28OS/c1-8-9-10-12(2)16-15-14(6,7)11-13(3,4)5/h2,8-11H2,1,3-7H3. The Kier molecular flexibility index (Phi) is 6.73. The summed E-state index contributed by atoms with van der Waals surface area (Å²) >= 11 is 1.47. The molecular formula is C14H28OS. The van der Waals surface area contributed by atoms with Crippen LogP contribution >= 0.6 is 12.0 Å². The topological polar surface area (TPSA) is 9.23 Å². The van der Waals surface area contributed by atoms with Crippen LogP contribution in [0.2, 0.25) is 0 Å². The molecule has 0 spiro atoms. The van der Waals surface area contributed by atoms with Crippen LogP contribution in [-0.4, -0.2) is 5.60 Å². The van der Waals surface area contributed by atoms with E-state index in [9.17, 15) is 0 Å². The van der Waals surface area contributed by atoms with Gasteiger partial charge in [-0.1, -0.05) is 40.7 Å². The van der Waals surface area contributed by atoms with Crippen molar-refractivity contribution < 1.29 is 4.18 Å². The van der Waals surface area contributed by atoms with Crippen LogP contribution in [0.3, 0.4) is 0 Å². The largest absolute Gasteiger partial charge is 0.305 e. The number of hydrogen-bond donors (Lipinski definition) is 0. The van der Waals surface area contributed by atoms with Gasteiger partial charge < -0.3 is 4.18 Å². The van der Waals surface area contributed by atoms with Crippen LogP contribution < -0.4 is 0 Å². The molecule has 1 nitrogen and oxygen atoms in total. The van der Waals surface area contributed by atoms with Gasteiger partial charge in [0.15, 0.2) is 0 Å². The van der Waals surface area contributed by atoms with Crippen molar-refractivity contribution in [2.24, 2.45) is 5.41 Å². The van der Waals surface area contributed by atoms with Gasteiger partial charge in [0.1, 0.15) is 0 Å². The molecule has 0 N–H and O–H groups in total. The predicted octanol–water partition coefficient (Wildman–Crippen LogP) is 5.57. The lowest BCUT2D eigenvalue weighted by molar-refractivity contribution is 0.0856. The lowest BCUT2D eigenvalue weighted by Crippen LogP contribution is -2.28. The summed E-state index contributed by atoms with van der Waals surface area (Å²) in [6, 6.07) is 0. The maximum absolute atomic E-state index is 5.88. The number of hydrogen-bond acceptors (Lipinski definition) is 2. The fourth-order valence-corrected chi connectivity index (χ4v) is 2.52. The maximum atomic E-state index is 5.88. The molecule has 16 heavy (non-hydrogen) atoms. The molecule has 0 aliphatic heterocycles. The summed E-state index contributed by atoms with van der Waals surface area (Å²) in [6.07, 6.45) is 4.53. The second-order valence-corrected chi connectivity index (χ2v) is 7.22. The third kappa shape index (κ3) is 9.29. The van der Waals surface area contributed by atoms with Crippen molar-refractivity contribution >= 4 is 12.0 Å². The summed E-state index contributed by atoms with van der Waals surface area (Å²) in [4.78, 5) is 1.14. The van der Waals surface area contributed by atoms with Gasteiger partial charge in [-0.05, 0) is 38.5 Å². The molecule has 0 saturated heterocycles. The quantitative estimate of drug-likeness (QED) is 0.541. The normalized spacial score (nSPS) is 12.9. The first-order chi connectivity index (χ1) is 7.16. The van der Waals surface area contributed by atoms with Crippen molar-refractivity contribution in [3.8, 4) is 0 Å². The maximum Gasteiger partial charge on any atom is 0.0782 e. The second kappa shape index (κ2) is 6.70. The third-order valence-corrected chi connectivity index (χ3v) is 3.12. The highest BCUT2D eigenvalue weighted by Gasteiger charge is 2.26. The average Bonchev–Trinajstić information content (AvgIpc) is 2.07. The van der Waals surface area contributed by atoms with Crippen molar-refractivity contribution in [3.63, 3.8) is 0 Å². The Labute approximate surface area is 106 Å². The fourth-order valence-electron chi connectivity index (χ4n) is 1.89. The molecule has 0 amide bonds. The van der Waals surface area contributed by atoms with E-state index >= 15 is 0 Å².